The van der Waals surface area contributed by atoms with Crippen molar-refractivity contribution < 1.29 is 32.2 Å². The van der Waals surface area contributed by atoms with E-state index >= 15 is 0 Å². The van der Waals surface area contributed by atoms with Crippen LogP contribution in [0, 0.1) is 5.82 Å². The third-order valence-corrected chi connectivity index (χ3v) is 2.31. The molecule has 1 rings (SSSR count). The third kappa shape index (κ3) is 5.69. The Morgan fingerprint density at radius 2 is 2.00 bits per heavy atom. The van der Waals surface area contributed by atoms with Crippen LogP contribution in [0.1, 0.15) is 28.8 Å². The molecule has 0 atom stereocenters. The first-order chi connectivity index (χ1) is 8.79. The van der Waals surface area contributed by atoms with E-state index in [1.165, 1.54) is 6.07 Å². The number of carbonyl (C=O) groups is 1. The molecule has 0 unspecified atom stereocenters. The van der Waals surface area contributed by atoms with Crippen LogP contribution in [-0.2, 0) is 11.3 Å². The molecule has 0 radical (unpaired) electrons. The highest BCUT2D eigenvalue weighted by Crippen LogP contribution is 2.21. The number of benzene rings is 1. The van der Waals surface area contributed by atoms with E-state index in [1.807, 2.05) is 0 Å². The lowest BCUT2D eigenvalue weighted by Crippen LogP contribution is -2.09. The van der Waals surface area contributed by atoms with Gasteiger partial charge in [-0.3, -0.25) is 0 Å². The number of alkyl halides is 3. The van der Waals surface area contributed by atoms with Crippen LogP contribution >= 0.6 is 0 Å². The van der Waals surface area contributed by atoms with Gasteiger partial charge in [0.15, 0.2) is 0 Å². The maximum atomic E-state index is 12.9. The van der Waals surface area contributed by atoms with E-state index in [2.05, 4.69) is 0 Å². The molecule has 1 aromatic carbocycles. The molecule has 19 heavy (non-hydrogen) atoms. The van der Waals surface area contributed by atoms with Gasteiger partial charge in [-0.1, -0.05) is 6.07 Å². The first-order valence-corrected chi connectivity index (χ1v) is 5.46. The maximum Gasteiger partial charge on any atom is 0.389 e. The van der Waals surface area contributed by atoms with Crippen molar-refractivity contribution in [1.29, 1.82) is 0 Å². The van der Waals surface area contributed by atoms with Gasteiger partial charge in [-0.15, -0.1) is 0 Å². The fourth-order valence-corrected chi connectivity index (χ4v) is 1.43. The van der Waals surface area contributed by atoms with Gasteiger partial charge < -0.3 is 9.84 Å². The Labute approximate surface area is 106 Å². The molecule has 0 aromatic heterocycles. The van der Waals surface area contributed by atoms with Crippen LogP contribution in [0.3, 0.4) is 0 Å². The smallest absolute Gasteiger partial charge is 0.389 e. The van der Waals surface area contributed by atoms with Crippen molar-refractivity contribution in [1.82, 2.24) is 0 Å². The van der Waals surface area contributed by atoms with Crippen LogP contribution in [0.2, 0.25) is 0 Å². The van der Waals surface area contributed by atoms with E-state index in [-0.39, 0.29) is 30.8 Å². The summed E-state index contributed by atoms with van der Waals surface area (Å²) in [6.45, 7) is -0.310. The Kier molecular flexibility index (Phi) is 5.29. The standard InChI is InChI=1S/C12H12F4O3/c13-9-3-2-8(10(6-9)11(17)18)7-19-5-1-4-12(14,15)16/h2-3,6H,1,4-5,7H2,(H,17,18). The highest BCUT2D eigenvalue weighted by Gasteiger charge is 2.25. The minimum Gasteiger partial charge on any atom is -0.478 e. The minimum atomic E-state index is -4.23. The van der Waals surface area contributed by atoms with E-state index in [0.717, 1.165) is 12.1 Å². The molecule has 0 aliphatic rings. The molecule has 0 fully saturated rings. The lowest BCUT2D eigenvalue weighted by atomic mass is 10.1. The molecule has 7 heteroatoms. The minimum absolute atomic E-state index is 0.143. The van der Waals surface area contributed by atoms with Crippen LogP contribution in [-0.4, -0.2) is 23.9 Å². The van der Waals surface area contributed by atoms with E-state index in [1.54, 1.807) is 0 Å². The van der Waals surface area contributed by atoms with Crippen molar-refractivity contribution in [2.24, 2.45) is 0 Å². The molecule has 0 bridgehead atoms. The number of carboxylic acid groups (broad SMARTS) is 1. The normalized spacial score (nSPS) is 11.6. The van der Waals surface area contributed by atoms with Crippen LogP contribution < -0.4 is 0 Å². The SMILES string of the molecule is O=C(O)c1cc(F)ccc1COCCCC(F)(F)F. The molecule has 0 amide bonds. The number of hydrogen-bond acceptors (Lipinski definition) is 2. The number of ether oxygens (including phenoxy) is 1. The van der Waals surface area contributed by atoms with E-state index < -0.39 is 24.4 Å². The molecule has 0 saturated carbocycles. The van der Waals surface area contributed by atoms with E-state index in [0.29, 0.717) is 0 Å². The summed E-state index contributed by atoms with van der Waals surface area (Å²) < 4.78 is 53.3. The highest BCUT2D eigenvalue weighted by atomic mass is 19.4. The molecule has 0 aliphatic carbocycles. The van der Waals surface area contributed by atoms with Gasteiger partial charge >= 0.3 is 12.1 Å². The van der Waals surface area contributed by atoms with E-state index in [9.17, 15) is 22.4 Å². The van der Waals surface area contributed by atoms with Crippen LogP contribution in [0.25, 0.3) is 0 Å². The Bertz CT molecular complexity index is 443. The van der Waals surface area contributed by atoms with Gasteiger partial charge in [0.25, 0.3) is 0 Å². The largest absolute Gasteiger partial charge is 0.478 e. The summed E-state index contributed by atoms with van der Waals surface area (Å²) in [5.74, 6) is -2.01. The van der Waals surface area contributed by atoms with E-state index in [4.69, 9.17) is 9.84 Å². The fourth-order valence-electron chi connectivity index (χ4n) is 1.43. The summed E-state index contributed by atoms with van der Waals surface area (Å²) in [4.78, 5) is 10.8. The van der Waals surface area contributed by atoms with Gasteiger partial charge in [0, 0.05) is 13.0 Å². The van der Waals surface area contributed by atoms with Gasteiger partial charge in [-0.05, 0) is 24.1 Å². The van der Waals surface area contributed by atoms with Crippen molar-refractivity contribution >= 4 is 5.97 Å². The lowest BCUT2D eigenvalue weighted by molar-refractivity contribution is -0.138. The predicted octanol–water partition coefficient (Wildman–Crippen LogP) is 3.38. The van der Waals surface area contributed by atoms with Crippen LogP contribution in [0.15, 0.2) is 18.2 Å². The summed E-state index contributed by atoms with van der Waals surface area (Å²) in [6.07, 6.45) is -5.39. The van der Waals surface area contributed by atoms with Gasteiger partial charge in [0.2, 0.25) is 0 Å². The summed E-state index contributed by atoms with van der Waals surface area (Å²) in [5, 5.41) is 8.83. The zero-order valence-electron chi connectivity index (χ0n) is 9.84. The van der Waals surface area contributed by atoms with Crippen LogP contribution in [0.5, 0.6) is 0 Å². The average molecular weight is 280 g/mol. The van der Waals surface area contributed by atoms with Crippen molar-refractivity contribution in [3.63, 3.8) is 0 Å². The zero-order chi connectivity index (χ0) is 14.5. The van der Waals surface area contributed by atoms with Crippen molar-refractivity contribution in [3.8, 4) is 0 Å². The molecular formula is C12H12F4O3. The summed E-state index contributed by atoms with van der Waals surface area (Å²) in [7, 11) is 0. The predicted molar refractivity (Wildman–Crippen MR) is 58.3 cm³/mol. The molecule has 1 aromatic rings. The van der Waals surface area contributed by atoms with Crippen molar-refractivity contribution in [2.75, 3.05) is 6.61 Å². The lowest BCUT2D eigenvalue weighted by Gasteiger charge is -2.09. The summed E-state index contributed by atoms with van der Waals surface area (Å²) in [6, 6.07) is 3.15. The molecule has 0 spiro atoms. The number of rotatable bonds is 6. The molecule has 3 nitrogen and oxygen atoms in total. The second-order valence-corrected chi connectivity index (χ2v) is 3.88. The first kappa shape index (κ1) is 15.4. The molecule has 1 N–H and O–H groups in total. The highest BCUT2D eigenvalue weighted by molar-refractivity contribution is 5.89. The zero-order valence-corrected chi connectivity index (χ0v) is 9.84. The fraction of sp³-hybridized carbons (Fsp3) is 0.417. The average Bonchev–Trinajstić information content (AvgIpc) is 2.28. The Hall–Kier alpha value is -1.63. The first-order valence-electron chi connectivity index (χ1n) is 5.46. The third-order valence-electron chi connectivity index (χ3n) is 2.31. The van der Waals surface area contributed by atoms with Gasteiger partial charge in [-0.25, -0.2) is 9.18 Å². The number of halogens is 4. The molecular weight excluding hydrogens is 268 g/mol. The molecule has 0 aliphatic heterocycles. The Morgan fingerprint density at radius 3 is 2.58 bits per heavy atom. The van der Waals surface area contributed by atoms with Gasteiger partial charge in [0.1, 0.15) is 5.82 Å². The van der Waals surface area contributed by atoms with Gasteiger partial charge in [-0.2, -0.15) is 13.2 Å². The van der Waals surface area contributed by atoms with Crippen molar-refractivity contribution in [3.05, 3.63) is 35.1 Å². The molecule has 106 valence electrons. The summed E-state index contributed by atoms with van der Waals surface area (Å²) in [5.41, 5.74) is -0.0308. The number of hydrogen-bond donors (Lipinski definition) is 1. The molecule has 0 saturated heterocycles. The second-order valence-electron chi connectivity index (χ2n) is 3.88. The Morgan fingerprint density at radius 1 is 1.32 bits per heavy atom. The number of carboxylic acids is 1. The Balaban J connectivity index is 2.47. The maximum absolute atomic E-state index is 12.9. The van der Waals surface area contributed by atoms with Gasteiger partial charge in [0.05, 0.1) is 12.2 Å². The van der Waals surface area contributed by atoms with Crippen LogP contribution in [0.4, 0.5) is 17.6 Å². The van der Waals surface area contributed by atoms with Crippen molar-refractivity contribution in [2.45, 2.75) is 25.6 Å². The second kappa shape index (κ2) is 6.51. The summed E-state index contributed by atoms with van der Waals surface area (Å²) >= 11 is 0. The molecule has 0 heterocycles. The topological polar surface area (TPSA) is 46.5 Å². The number of aromatic carboxylic acids is 1. The monoisotopic (exact) mass is 280 g/mol. The quantitative estimate of drug-likeness (QED) is 0.642.